The third-order valence-corrected chi connectivity index (χ3v) is 3.81. The lowest BCUT2D eigenvalue weighted by molar-refractivity contribution is 0.0927. The fourth-order valence-electron chi connectivity index (χ4n) is 2.93. The van der Waals surface area contributed by atoms with Gasteiger partial charge in [-0.2, -0.15) is 0 Å². The summed E-state index contributed by atoms with van der Waals surface area (Å²) >= 11 is 0. The fraction of sp³-hybridized carbons (Fsp3) is 0.647. The number of ether oxygens (including phenoxy) is 1. The number of carbonyl (C=O) groups is 1. The Balaban J connectivity index is 2.04. The van der Waals surface area contributed by atoms with Crippen molar-refractivity contribution in [3.63, 3.8) is 0 Å². The molecule has 0 spiro atoms. The van der Waals surface area contributed by atoms with Crippen molar-refractivity contribution in [2.75, 3.05) is 58.4 Å². The van der Waals surface area contributed by atoms with E-state index in [1.165, 1.54) is 0 Å². The smallest absolute Gasteiger partial charge is 0.255 e. The minimum absolute atomic E-state index is 0.0144. The Bertz CT molecular complexity index is 525. The van der Waals surface area contributed by atoms with Crippen molar-refractivity contribution in [1.82, 2.24) is 15.2 Å². The van der Waals surface area contributed by atoms with Gasteiger partial charge in [-0.15, -0.1) is 0 Å². The van der Waals surface area contributed by atoms with E-state index in [1.54, 1.807) is 6.20 Å². The molecule has 23 heavy (non-hydrogen) atoms. The molecule has 0 saturated carbocycles. The number of aromatic nitrogens is 1. The summed E-state index contributed by atoms with van der Waals surface area (Å²) in [5, 5.41) is 3.06. The SMILES string of the molecule is CN(C)CC(C)(C)CNC(=O)c1cccnc1N1CCOCC1. The van der Waals surface area contributed by atoms with E-state index in [0.717, 1.165) is 25.5 Å². The van der Waals surface area contributed by atoms with Gasteiger partial charge in [-0.25, -0.2) is 4.98 Å². The molecular weight excluding hydrogens is 292 g/mol. The van der Waals surface area contributed by atoms with Crippen LogP contribution in [-0.4, -0.2) is 69.3 Å². The number of hydrogen-bond donors (Lipinski definition) is 1. The minimum atomic E-state index is -0.0635. The van der Waals surface area contributed by atoms with Crippen LogP contribution in [0.25, 0.3) is 0 Å². The molecule has 1 N–H and O–H groups in total. The van der Waals surface area contributed by atoms with Crippen LogP contribution in [0.5, 0.6) is 0 Å². The number of morpholine rings is 1. The molecule has 0 radical (unpaired) electrons. The quantitative estimate of drug-likeness (QED) is 0.854. The summed E-state index contributed by atoms with van der Waals surface area (Å²) in [6, 6.07) is 3.65. The second-order valence-corrected chi connectivity index (χ2v) is 7.06. The summed E-state index contributed by atoms with van der Waals surface area (Å²) in [7, 11) is 4.09. The van der Waals surface area contributed by atoms with Crippen LogP contribution in [0.4, 0.5) is 5.82 Å². The molecule has 1 aliphatic heterocycles. The number of amides is 1. The minimum Gasteiger partial charge on any atom is -0.378 e. The molecule has 6 heteroatoms. The molecule has 0 unspecified atom stereocenters. The van der Waals surface area contributed by atoms with Gasteiger partial charge in [0.2, 0.25) is 0 Å². The number of anilines is 1. The molecule has 1 saturated heterocycles. The largest absolute Gasteiger partial charge is 0.378 e. The number of nitrogens with one attached hydrogen (secondary N) is 1. The zero-order chi connectivity index (χ0) is 16.9. The summed E-state index contributed by atoms with van der Waals surface area (Å²) in [5.74, 6) is 0.685. The maximum absolute atomic E-state index is 12.6. The average Bonchev–Trinajstić information content (AvgIpc) is 2.52. The first kappa shape index (κ1) is 17.7. The van der Waals surface area contributed by atoms with Gasteiger partial charge in [0.15, 0.2) is 0 Å². The van der Waals surface area contributed by atoms with E-state index < -0.39 is 0 Å². The first-order chi connectivity index (χ1) is 10.9. The van der Waals surface area contributed by atoms with Gasteiger partial charge < -0.3 is 19.9 Å². The van der Waals surface area contributed by atoms with Crippen LogP contribution in [0.15, 0.2) is 18.3 Å². The van der Waals surface area contributed by atoms with Crippen LogP contribution < -0.4 is 10.2 Å². The van der Waals surface area contributed by atoms with E-state index in [9.17, 15) is 4.79 Å². The normalized spacial score (nSPS) is 15.8. The molecule has 1 fully saturated rings. The van der Waals surface area contributed by atoms with Crippen molar-refractivity contribution in [2.24, 2.45) is 5.41 Å². The van der Waals surface area contributed by atoms with E-state index in [2.05, 4.69) is 33.9 Å². The van der Waals surface area contributed by atoms with Crippen molar-refractivity contribution in [3.8, 4) is 0 Å². The number of carbonyl (C=O) groups excluding carboxylic acids is 1. The number of pyridine rings is 1. The molecule has 6 nitrogen and oxygen atoms in total. The number of hydrogen-bond acceptors (Lipinski definition) is 5. The van der Waals surface area contributed by atoms with Crippen molar-refractivity contribution in [1.29, 1.82) is 0 Å². The Kier molecular flexibility index (Phi) is 5.96. The monoisotopic (exact) mass is 320 g/mol. The zero-order valence-electron chi connectivity index (χ0n) is 14.6. The third-order valence-electron chi connectivity index (χ3n) is 3.81. The first-order valence-corrected chi connectivity index (χ1v) is 8.10. The number of rotatable bonds is 6. The second-order valence-electron chi connectivity index (χ2n) is 7.06. The molecule has 1 aromatic heterocycles. The van der Waals surface area contributed by atoms with Crippen LogP contribution in [0, 0.1) is 5.41 Å². The van der Waals surface area contributed by atoms with Gasteiger partial charge in [-0.1, -0.05) is 13.8 Å². The Hall–Kier alpha value is -1.66. The predicted molar refractivity (Wildman–Crippen MR) is 91.9 cm³/mol. The molecule has 0 atom stereocenters. The van der Waals surface area contributed by atoms with Gasteiger partial charge in [-0.3, -0.25) is 4.79 Å². The van der Waals surface area contributed by atoms with Gasteiger partial charge in [-0.05, 0) is 31.6 Å². The highest BCUT2D eigenvalue weighted by Gasteiger charge is 2.23. The first-order valence-electron chi connectivity index (χ1n) is 8.10. The van der Waals surface area contributed by atoms with E-state index >= 15 is 0 Å². The van der Waals surface area contributed by atoms with Crippen molar-refractivity contribution >= 4 is 11.7 Å². The van der Waals surface area contributed by atoms with Crippen LogP contribution in [0.3, 0.4) is 0 Å². The molecule has 128 valence electrons. The van der Waals surface area contributed by atoms with Gasteiger partial charge >= 0.3 is 0 Å². The maximum atomic E-state index is 12.6. The Morgan fingerprint density at radius 2 is 2.09 bits per heavy atom. The Morgan fingerprint density at radius 3 is 2.74 bits per heavy atom. The van der Waals surface area contributed by atoms with Crippen LogP contribution in [0.1, 0.15) is 24.2 Å². The molecule has 1 amide bonds. The fourth-order valence-corrected chi connectivity index (χ4v) is 2.93. The Labute approximate surface area is 138 Å². The van der Waals surface area contributed by atoms with Crippen molar-refractivity contribution < 1.29 is 9.53 Å². The average molecular weight is 320 g/mol. The van der Waals surface area contributed by atoms with E-state index in [1.807, 2.05) is 26.2 Å². The summed E-state index contributed by atoms with van der Waals surface area (Å²) in [6.45, 7) is 8.73. The topological polar surface area (TPSA) is 57.7 Å². The summed E-state index contributed by atoms with van der Waals surface area (Å²) in [5.41, 5.74) is 0.649. The molecule has 1 aliphatic rings. The van der Waals surface area contributed by atoms with Gasteiger partial charge in [0.25, 0.3) is 5.91 Å². The highest BCUT2D eigenvalue weighted by atomic mass is 16.5. The zero-order valence-corrected chi connectivity index (χ0v) is 14.6. The lowest BCUT2D eigenvalue weighted by atomic mass is 9.93. The lowest BCUT2D eigenvalue weighted by Crippen LogP contribution is -2.41. The van der Waals surface area contributed by atoms with E-state index in [0.29, 0.717) is 25.3 Å². The highest BCUT2D eigenvalue weighted by Crippen LogP contribution is 2.19. The van der Waals surface area contributed by atoms with Crippen LogP contribution >= 0.6 is 0 Å². The van der Waals surface area contributed by atoms with Crippen LogP contribution in [-0.2, 0) is 4.74 Å². The van der Waals surface area contributed by atoms with E-state index in [4.69, 9.17) is 4.74 Å². The second kappa shape index (κ2) is 7.75. The molecule has 2 rings (SSSR count). The lowest BCUT2D eigenvalue weighted by Gasteiger charge is -2.30. The molecular formula is C17H28N4O2. The third kappa shape index (κ3) is 5.18. The van der Waals surface area contributed by atoms with Crippen molar-refractivity contribution in [2.45, 2.75) is 13.8 Å². The van der Waals surface area contributed by atoms with Crippen LogP contribution in [0.2, 0.25) is 0 Å². The summed E-state index contributed by atoms with van der Waals surface area (Å²) in [4.78, 5) is 21.3. The van der Waals surface area contributed by atoms with Gasteiger partial charge in [0, 0.05) is 32.4 Å². The van der Waals surface area contributed by atoms with Gasteiger partial charge in [0.1, 0.15) is 5.82 Å². The molecule has 0 aliphatic carbocycles. The molecule has 0 aromatic carbocycles. The summed E-state index contributed by atoms with van der Waals surface area (Å²) < 4.78 is 5.38. The number of nitrogens with zero attached hydrogens (tertiary/aromatic N) is 3. The Morgan fingerprint density at radius 1 is 1.39 bits per heavy atom. The van der Waals surface area contributed by atoms with Crippen molar-refractivity contribution in [3.05, 3.63) is 23.9 Å². The molecule has 0 bridgehead atoms. The van der Waals surface area contributed by atoms with E-state index in [-0.39, 0.29) is 11.3 Å². The molecule has 2 heterocycles. The highest BCUT2D eigenvalue weighted by molar-refractivity contribution is 5.98. The standard InChI is InChI=1S/C17H28N4O2/c1-17(2,13-20(3)4)12-19-16(22)14-6-5-7-18-15(14)21-8-10-23-11-9-21/h5-7H,8-13H2,1-4H3,(H,19,22). The predicted octanol–water partition coefficient (Wildman–Crippen LogP) is 1.24. The molecule has 1 aromatic rings. The summed E-state index contributed by atoms with van der Waals surface area (Å²) in [6.07, 6.45) is 1.73. The maximum Gasteiger partial charge on any atom is 0.255 e. The van der Waals surface area contributed by atoms with Gasteiger partial charge in [0.05, 0.1) is 18.8 Å².